The lowest BCUT2D eigenvalue weighted by Gasteiger charge is -2.29. The zero-order valence-electron chi connectivity index (χ0n) is 13.8. The van der Waals surface area contributed by atoms with E-state index in [0.717, 1.165) is 19.3 Å². The fourth-order valence-corrected chi connectivity index (χ4v) is 2.62. The summed E-state index contributed by atoms with van der Waals surface area (Å²) in [6, 6.07) is 0. The highest BCUT2D eigenvalue weighted by Gasteiger charge is 2.47. The summed E-state index contributed by atoms with van der Waals surface area (Å²) in [7, 11) is 2.66. The van der Waals surface area contributed by atoms with E-state index in [0.29, 0.717) is 18.8 Å². The highest BCUT2D eigenvalue weighted by atomic mass is 16.5. The quantitative estimate of drug-likeness (QED) is 0.369. The molecule has 0 aliphatic heterocycles. The normalized spacial score (nSPS) is 11.8. The summed E-state index contributed by atoms with van der Waals surface area (Å²) in [6.45, 7) is 8.33. The van der Waals surface area contributed by atoms with Gasteiger partial charge in [-0.05, 0) is 24.7 Å². The van der Waals surface area contributed by atoms with E-state index in [4.69, 9.17) is 9.47 Å². The molecule has 0 fully saturated rings. The van der Waals surface area contributed by atoms with E-state index in [2.05, 4.69) is 13.8 Å². The Hall–Kier alpha value is -1.06. The molecule has 0 amide bonds. The third kappa shape index (κ3) is 5.51. The number of rotatable bonds is 9. The summed E-state index contributed by atoms with van der Waals surface area (Å²) in [4.78, 5) is 24.3. The highest BCUT2D eigenvalue weighted by Crippen LogP contribution is 2.35. The molecular formula is C16H30O4. The van der Waals surface area contributed by atoms with Gasteiger partial charge in [-0.15, -0.1) is 0 Å². The van der Waals surface area contributed by atoms with Gasteiger partial charge in [-0.3, -0.25) is 9.59 Å². The predicted octanol–water partition coefficient (Wildman–Crippen LogP) is 3.58. The van der Waals surface area contributed by atoms with Crippen molar-refractivity contribution < 1.29 is 19.1 Å². The fraction of sp³-hybridized carbons (Fsp3) is 0.875. The van der Waals surface area contributed by atoms with Crippen molar-refractivity contribution in [2.45, 2.75) is 59.8 Å². The van der Waals surface area contributed by atoms with E-state index in [1.165, 1.54) is 14.2 Å². The maximum Gasteiger partial charge on any atom is 0.323 e. The molecule has 0 saturated carbocycles. The maximum absolute atomic E-state index is 12.2. The van der Waals surface area contributed by atoms with Gasteiger partial charge < -0.3 is 9.47 Å². The monoisotopic (exact) mass is 286 g/mol. The van der Waals surface area contributed by atoms with E-state index < -0.39 is 17.4 Å². The molecule has 0 saturated heterocycles. The zero-order chi connectivity index (χ0) is 15.8. The lowest BCUT2D eigenvalue weighted by Crippen LogP contribution is -2.42. The van der Waals surface area contributed by atoms with Crippen molar-refractivity contribution in [2.24, 2.45) is 17.3 Å². The van der Waals surface area contributed by atoms with Gasteiger partial charge in [0.2, 0.25) is 0 Å². The molecule has 0 aromatic heterocycles. The molecule has 0 atom stereocenters. The topological polar surface area (TPSA) is 52.6 Å². The average molecular weight is 286 g/mol. The molecule has 0 aromatic carbocycles. The van der Waals surface area contributed by atoms with Gasteiger partial charge in [0.05, 0.1) is 14.2 Å². The first-order chi connectivity index (χ1) is 9.30. The smallest absolute Gasteiger partial charge is 0.323 e. The predicted molar refractivity (Wildman–Crippen MR) is 79.2 cm³/mol. The second kappa shape index (κ2) is 8.98. The van der Waals surface area contributed by atoms with Crippen molar-refractivity contribution in [3.8, 4) is 0 Å². The Morgan fingerprint density at radius 1 is 0.900 bits per heavy atom. The Labute approximate surface area is 123 Å². The van der Waals surface area contributed by atoms with Crippen LogP contribution in [0.5, 0.6) is 0 Å². The number of methoxy groups -OCH3 is 2. The summed E-state index contributed by atoms with van der Waals surface area (Å²) < 4.78 is 9.76. The first kappa shape index (κ1) is 18.9. The zero-order valence-corrected chi connectivity index (χ0v) is 13.8. The summed E-state index contributed by atoms with van der Waals surface area (Å²) in [5.41, 5.74) is -1.14. The molecule has 0 N–H and O–H groups in total. The molecule has 0 unspecified atom stereocenters. The van der Waals surface area contributed by atoms with Gasteiger partial charge >= 0.3 is 11.9 Å². The molecule has 0 radical (unpaired) electrons. The van der Waals surface area contributed by atoms with Crippen LogP contribution < -0.4 is 0 Å². The molecule has 0 aliphatic carbocycles. The van der Waals surface area contributed by atoms with Gasteiger partial charge in [-0.1, -0.05) is 47.0 Å². The van der Waals surface area contributed by atoms with Crippen molar-refractivity contribution in [2.75, 3.05) is 14.2 Å². The Bertz CT molecular complexity index is 292. The minimum absolute atomic E-state index is 0.221. The van der Waals surface area contributed by atoms with E-state index in [9.17, 15) is 9.59 Å². The van der Waals surface area contributed by atoms with Gasteiger partial charge in [-0.25, -0.2) is 0 Å². The molecule has 0 bridgehead atoms. The molecule has 0 spiro atoms. The maximum atomic E-state index is 12.2. The van der Waals surface area contributed by atoms with Crippen LogP contribution in [0, 0.1) is 17.3 Å². The van der Waals surface area contributed by atoms with Gasteiger partial charge in [-0.2, -0.15) is 0 Å². The molecule has 0 rings (SSSR count). The SMILES string of the molecule is COC(=O)C(CCCCC(C)C)(CC(C)C)C(=O)OC. The van der Waals surface area contributed by atoms with E-state index in [1.54, 1.807) is 0 Å². The van der Waals surface area contributed by atoms with Crippen LogP contribution in [0.2, 0.25) is 0 Å². The number of hydrogen-bond acceptors (Lipinski definition) is 4. The third-order valence-electron chi connectivity index (χ3n) is 3.54. The van der Waals surface area contributed by atoms with Crippen LogP contribution in [0.4, 0.5) is 0 Å². The fourth-order valence-electron chi connectivity index (χ4n) is 2.62. The molecule has 118 valence electrons. The van der Waals surface area contributed by atoms with Crippen LogP contribution in [0.15, 0.2) is 0 Å². The minimum Gasteiger partial charge on any atom is -0.468 e. The number of esters is 2. The van der Waals surface area contributed by atoms with Gasteiger partial charge in [0, 0.05) is 0 Å². The molecule has 0 aromatic rings. The Morgan fingerprint density at radius 3 is 1.75 bits per heavy atom. The van der Waals surface area contributed by atoms with Crippen molar-refractivity contribution in [1.82, 2.24) is 0 Å². The summed E-state index contributed by atoms with van der Waals surface area (Å²) >= 11 is 0. The standard InChI is InChI=1S/C16H30O4/c1-12(2)9-7-8-10-16(11-13(3)4,14(17)19-5)15(18)20-6/h12-13H,7-11H2,1-6H3. The highest BCUT2D eigenvalue weighted by molar-refractivity contribution is 6.00. The van der Waals surface area contributed by atoms with Gasteiger partial charge in [0.1, 0.15) is 0 Å². The molecular weight excluding hydrogens is 256 g/mol. The lowest BCUT2D eigenvalue weighted by molar-refractivity contribution is -0.171. The van der Waals surface area contributed by atoms with Crippen molar-refractivity contribution in [3.63, 3.8) is 0 Å². The Balaban J connectivity index is 4.98. The van der Waals surface area contributed by atoms with E-state index >= 15 is 0 Å². The summed E-state index contributed by atoms with van der Waals surface area (Å²) in [6.07, 6.45) is 3.89. The van der Waals surface area contributed by atoms with Gasteiger partial charge in [0.25, 0.3) is 0 Å². The Morgan fingerprint density at radius 2 is 1.40 bits per heavy atom. The number of carbonyl (C=O) groups excluding carboxylic acids is 2. The molecule has 0 aliphatic rings. The van der Waals surface area contributed by atoms with Crippen LogP contribution in [-0.4, -0.2) is 26.2 Å². The number of ether oxygens (including phenoxy) is 2. The lowest BCUT2D eigenvalue weighted by atomic mass is 9.75. The van der Waals surface area contributed by atoms with Crippen LogP contribution >= 0.6 is 0 Å². The first-order valence-electron chi connectivity index (χ1n) is 7.47. The van der Waals surface area contributed by atoms with E-state index in [-0.39, 0.29) is 5.92 Å². The first-order valence-corrected chi connectivity index (χ1v) is 7.47. The van der Waals surface area contributed by atoms with Crippen molar-refractivity contribution >= 4 is 11.9 Å². The average Bonchev–Trinajstić information content (AvgIpc) is 2.39. The van der Waals surface area contributed by atoms with Crippen molar-refractivity contribution in [3.05, 3.63) is 0 Å². The number of unbranched alkanes of at least 4 members (excludes halogenated alkanes) is 1. The molecule has 20 heavy (non-hydrogen) atoms. The summed E-state index contributed by atoms with van der Waals surface area (Å²) in [5, 5.41) is 0. The van der Waals surface area contributed by atoms with Crippen LogP contribution in [-0.2, 0) is 19.1 Å². The van der Waals surface area contributed by atoms with Crippen LogP contribution in [0.1, 0.15) is 59.8 Å². The molecule has 4 nitrogen and oxygen atoms in total. The number of hydrogen-bond donors (Lipinski definition) is 0. The summed E-state index contributed by atoms with van der Waals surface area (Å²) in [5.74, 6) is -0.0887. The third-order valence-corrected chi connectivity index (χ3v) is 3.54. The Kier molecular flexibility index (Phi) is 8.51. The van der Waals surface area contributed by atoms with E-state index in [1.807, 2.05) is 13.8 Å². The largest absolute Gasteiger partial charge is 0.468 e. The van der Waals surface area contributed by atoms with Crippen LogP contribution in [0.25, 0.3) is 0 Å². The molecule has 4 heteroatoms. The minimum atomic E-state index is -1.14. The van der Waals surface area contributed by atoms with Crippen molar-refractivity contribution in [1.29, 1.82) is 0 Å². The molecule has 0 heterocycles. The second-order valence-corrected chi connectivity index (χ2v) is 6.30. The number of carbonyl (C=O) groups is 2. The van der Waals surface area contributed by atoms with Gasteiger partial charge in [0.15, 0.2) is 5.41 Å². The second-order valence-electron chi connectivity index (χ2n) is 6.30. The van der Waals surface area contributed by atoms with Crippen LogP contribution in [0.3, 0.4) is 0 Å².